The number of hydrogen-bond acceptors (Lipinski definition) is 5. The fraction of sp³-hybridized carbons (Fsp3) is 0.435. The van der Waals surface area contributed by atoms with E-state index in [1.807, 2.05) is 37.7 Å². The first-order chi connectivity index (χ1) is 14.5. The van der Waals surface area contributed by atoms with Gasteiger partial charge in [-0.1, -0.05) is 49.7 Å². The summed E-state index contributed by atoms with van der Waals surface area (Å²) in [5.74, 6) is 0.578. The molecule has 2 aromatic rings. The van der Waals surface area contributed by atoms with Gasteiger partial charge in [-0.2, -0.15) is 8.42 Å². The second-order valence-electron chi connectivity index (χ2n) is 8.28. The number of carbonyl (C=O) groups is 1. The predicted molar refractivity (Wildman–Crippen MR) is 124 cm³/mol. The van der Waals surface area contributed by atoms with Crippen LogP contribution in [0.1, 0.15) is 31.4 Å². The summed E-state index contributed by atoms with van der Waals surface area (Å²) < 4.78 is 30.7. The molecule has 0 atom stereocenters. The molecular formula is C23H31ClN2O4S. The highest BCUT2D eigenvalue weighted by Gasteiger charge is 2.23. The molecule has 31 heavy (non-hydrogen) atoms. The average Bonchev–Trinajstić information content (AvgIpc) is 2.65. The van der Waals surface area contributed by atoms with Crippen molar-refractivity contribution in [3.05, 3.63) is 58.6 Å². The molecule has 170 valence electrons. The van der Waals surface area contributed by atoms with E-state index in [9.17, 15) is 13.2 Å². The Morgan fingerprint density at radius 2 is 1.71 bits per heavy atom. The van der Waals surface area contributed by atoms with Crippen molar-refractivity contribution >= 4 is 27.6 Å². The molecule has 0 saturated carbocycles. The van der Waals surface area contributed by atoms with Crippen LogP contribution in [0.4, 0.5) is 0 Å². The molecule has 0 spiro atoms. The van der Waals surface area contributed by atoms with Crippen LogP contribution in [0.3, 0.4) is 0 Å². The van der Waals surface area contributed by atoms with Crippen LogP contribution < -0.4 is 4.18 Å². The molecule has 0 fully saturated rings. The van der Waals surface area contributed by atoms with Crippen LogP contribution in [-0.2, 0) is 21.5 Å². The van der Waals surface area contributed by atoms with E-state index in [1.165, 1.54) is 6.07 Å². The van der Waals surface area contributed by atoms with Crippen LogP contribution in [0.15, 0.2) is 47.4 Å². The Morgan fingerprint density at radius 3 is 2.26 bits per heavy atom. The highest BCUT2D eigenvalue weighted by atomic mass is 35.5. The topological polar surface area (TPSA) is 66.9 Å². The van der Waals surface area contributed by atoms with Gasteiger partial charge in [-0.15, -0.1) is 0 Å². The van der Waals surface area contributed by atoms with Crippen molar-refractivity contribution in [1.29, 1.82) is 0 Å². The minimum absolute atomic E-state index is 0.0325. The minimum Gasteiger partial charge on any atom is -0.379 e. The first-order valence-corrected chi connectivity index (χ1v) is 12.0. The number of amides is 1. The van der Waals surface area contributed by atoms with Crippen molar-refractivity contribution in [2.24, 2.45) is 5.92 Å². The third-order valence-corrected chi connectivity index (χ3v) is 6.55. The molecule has 2 rings (SSSR count). The number of nitrogens with zero attached hydrogens (tertiary/aromatic N) is 2. The van der Waals surface area contributed by atoms with E-state index in [0.29, 0.717) is 25.1 Å². The number of halogens is 1. The van der Waals surface area contributed by atoms with Crippen molar-refractivity contribution in [3.63, 3.8) is 0 Å². The Bertz CT molecular complexity index is 969. The summed E-state index contributed by atoms with van der Waals surface area (Å²) in [4.78, 5) is 16.5. The van der Waals surface area contributed by atoms with E-state index < -0.39 is 10.1 Å². The van der Waals surface area contributed by atoms with Crippen LogP contribution in [0.25, 0.3) is 0 Å². The van der Waals surface area contributed by atoms with E-state index in [2.05, 4.69) is 0 Å². The lowest BCUT2D eigenvalue weighted by atomic mass is 10.1. The zero-order valence-electron chi connectivity index (χ0n) is 18.8. The standard InChI is InChI=1S/C23H31ClN2O4S/c1-17(2)15-22(27)26(14-13-25(4)5)16-19-9-11-20(12-10-19)30-31(28,29)23-18(3)7-6-8-21(23)24/h6-12,17H,13-16H2,1-5H3. The smallest absolute Gasteiger partial charge is 0.340 e. The Kier molecular flexibility index (Phi) is 8.91. The fourth-order valence-corrected chi connectivity index (χ4v) is 4.79. The Labute approximate surface area is 190 Å². The van der Waals surface area contributed by atoms with E-state index in [-0.39, 0.29) is 27.5 Å². The first kappa shape index (κ1) is 25.2. The van der Waals surface area contributed by atoms with Gasteiger partial charge in [-0.25, -0.2) is 0 Å². The van der Waals surface area contributed by atoms with E-state index in [0.717, 1.165) is 12.1 Å². The lowest BCUT2D eigenvalue weighted by Gasteiger charge is -2.25. The maximum absolute atomic E-state index is 12.7. The summed E-state index contributed by atoms with van der Waals surface area (Å²) in [5, 5.41) is 0.122. The van der Waals surface area contributed by atoms with Gasteiger partial charge in [0, 0.05) is 26.1 Å². The van der Waals surface area contributed by atoms with Gasteiger partial charge in [0.1, 0.15) is 10.6 Å². The summed E-state index contributed by atoms with van der Waals surface area (Å²) in [6.45, 7) is 7.56. The molecule has 0 aliphatic heterocycles. The van der Waals surface area contributed by atoms with Crippen molar-refractivity contribution in [2.75, 3.05) is 27.2 Å². The van der Waals surface area contributed by atoms with E-state index in [1.54, 1.807) is 43.3 Å². The lowest BCUT2D eigenvalue weighted by molar-refractivity contribution is -0.132. The normalized spacial score (nSPS) is 11.7. The van der Waals surface area contributed by atoms with E-state index in [4.69, 9.17) is 15.8 Å². The number of hydrogen-bond donors (Lipinski definition) is 0. The number of likely N-dealkylation sites (N-methyl/N-ethyl adjacent to an activating group) is 1. The Balaban J connectivity index is 2.14. The monoisotopic (exact) mass is 466 g/mol. The predicted octanol–water partition coefficient (Wildman–Crippen LogP) is 4.35. The SMILES string of the molecule is Cc1cccc(Cl)c1S(=O)(=O)Oc1ccc(CN(CCN(C)C)C(=O)CC(C)C)cc1. The Morgan fingerprint density at radius 1 is 1.06 bits per heavy atom. The van der Waals surface area contributed by atoms with Gasteiger partial charge in [0.25, 0.3) is 0 Å². The largest absolute Gasteiger partial charge is 0.379 e. The molecule has 0 heterocycles. The molecule has 0 aliphatic rings. The molecule has 8 heteroatoms. The Hall–Kier alpha value is -2.09. The van der Waals surface area contributed by atoms with Crippen molar-refractivity contribution in [2.45, 2.75) is 38.6 Å². The molecule has 0 unspecified atom stereocenters. The first-order valence-electron chi connectivity index (χ1n) is 10.2. The number of benzene rings is 2. The maximum Gasteiger partial charge on any atom is 0.340 e. The third kappa shape index (κ3) is 7.52. The van der Waals surface area contributed by atoms with Crippen LogP contribution >= 0.6 is 11.6 Å². The van der Waals surface area contributed by atoms with Crippen molar-refractivity contribution in [3.8, 4) is 5.75 Å². The van der Waals surface area contributed by atoms with Gasteiger partial charge in [0.2, 0.25) is 5.91 Å². The maximum atomic E-state index is 12.7. The molecule has 1 amide bonds. The molecule has 0 saturated heterocycles. The molecule has 0 radical (unpaired) electrons. The fourth-order valence-electron chi connectivity index (χ4n) is 3.06. The highest BCUT2D eigenvalue weighted by molar-refractivity contribution is 7.87. The molecule has 0 bridgehead atoms. The molecule has 0 aromatic heterocycles. The molecule has 0 N–H and O–H groups in total. The molecule has 6 nitrogen and oxygen atoms in total. The van der Waals surface area contributed by atoms with Crippen LogP contribution in [0, 0.1) is 12.8 Å². The summed E-state index contributed by atoms with van der Waals surface area (Å²) in [5.41, 5.74) is 1.42. The van der Waals surface area contributed by atoms with Gasteiger partial charge in [-0.3, -0.25) is 4.79 Å². The van der Waals surface area contributed by atoms with Gasteiger partial charge < -0.3 is 14.0 Å². The quantitative estimate of drug-likeness (QED) is 0.487. The number of carbonyl (C=O) groups excluding carboxylic acids is 1. The minimum atomic E-state index is -4.06. The number of rotatable bonds is 10. The van der Waals surface area contributed by atoms with Crippen molar-refractivity contribution < 1.29 is 17.4 Å². The van der Waals surface area contributed by atoms with Crippen molar-refractivity contribution in [1.82, 2.24) is 9.80 Å². The molecular weight excluding hydrogens is 436 g/mol. The van der Waals surface area contributed by atoms with Crippen LogP contribution in [0.5, 0.6) is 5.75 Å². The zero-order chi connectivity index (χ0) is 23.2. The number of aryl methyl sites for hydroxylation is 1. The van der Waals surface area contributed by atoms with Crippen LogP contribution in [-0.4, -0.2) is 51.3 Å². The summed E-state index contributed by atoms with van der Waals surface area (Å²) in [7, 11) is -0.116. The summed E-state index contributed by atoms with van der Waals surface area (Å²) in [6, 6.07) is 11.6. The zero-order valence-corrected chi connectivity index (χ0v) is 20.3. The summed E-state index contributed by atoms with van der Waals surface area (Å²) in [6.07, 6.45) is 0.490. The molecule has 2 aromatic carbocycles. The average molecular weight is 467 g/mol. The second kappa shape index (κ2) is 11.0. The van der Waals surface area contributed by atoms with Crippen LogP contribution in [0.2, 0.25) is 5.02 Å². The lowest BCUT2D eigenvalue weighted by Crippen LogP contribution is -2.36. The van der Waals surface area contributed by atoms with E-state index >= 15 is 0 Å². The van der Waals surface area contributed by atoms with Gasteiger partial charge in [0.05, 0.1) is 5.02 Å². The second-order valence-corrected chi connectivity index (χ2v) is 10.2. The summed E-state index contributed by atoms with van der Waals surface area (Å²) >= 11 is 6.08. The third-order valence-electron chi connectivity index (χ3n) is 4.67. The highest BCUT2D eigenvalue weighted by Crippen LogP contribution is 2.28. The van der Waals surface area contributed by atoms with Gasteiger partial charge >= 0.3 is 10.1 Å². The van der Waals surface area contributed by atoms with Gasteiger partial charge in [-0.05, 0) is 56.3 Å². The van der Waals surface area contributed by atoms with Gasteiger partial charge in [0.15, 0.2) is 0 Å². The molecule has 0 aliphatic carbocycles.